The molecule has 0 unspecified atom stereocenters. The van der Waals surface area contributed by atoms with Crippen LogP contribution in [0.15, 0.2) is 58.2 Å². The predicted molar refractivity (Wildman–Crippen MR) is 150 cm³/mol. The van der Waals surface area contributed by atoms with Crippen molar-refractivity contribution in [3.05, 3.63) is 58.2 Å². The molecule has 0 saturated carbocycles. The number of hydrogen-bond donors (Lipinski definition) is 0. The largest absolute Gasteiger partial charge is 0.340 e. The first-order chi connectivity index (χ1) is 16.2. The van der Waals surface area contributed by atoms with Gasteiger partial charge in [0, 0.05) is 39.1 Å². The van der Waals surface area contributed by atoms with Crippen molar-refractivity contribution in [3.8, 4) is 0 Å². The first kappa shape index (κ1) is 30.2. The Hall–Kier alpha value is -1.87. The Bertz CT molecular complexity index is 750. The fraction of sp³-hybridized carbons (Fsp3) is 0.645. The van der Waals surface area contributed by atoms with E-state index in [4.69, 9.17) is 0 Å². The minimum Gasteiger partial charge on any atom is -0.340 e. The zero-order chi connectivity index (χ0) is 25.3. The Morgan fingerprint density at radius 3 is 1.41 bits per heavy atom. The van der Waals surface area contributed by atoms with Crippen molar-refractivity contribution in [2.75, 3.05) is 32.7 Å². The van der Waals surface area contributed by atoms with Crippen molar-refractivity contribution >= 4 is 5.91 Å². The highest BCUT2D eigenvalue weighted by molar-refractivity contribution is 5.76. The van der Waals surface area contributed by atoms with Gasteiger partial charge in [0.15, 0.2) is 0 Å². The molecule has 0 aromatic rings. The van der Waals surface area contributed by atoms with Crippen LogP contribution in [0.4, 0.5) is 0 Å². The molecule has 1 heterocycles. The first-order valence-electron chi connectivity index (χ1n) is 13.4. The van der Waals surface area contributed by atoms with Gasteiger partial charge in [-0.2, -0.15) is 0 Å². The fourth-order valence-electron chi connectivity index (χ4n) is 4.08. The van der Waals surface area contributed by atoms with Crippen molar-refractivity contribution in [2.24, 2.45) is 0 Å². The molecule has 3 nitrogen and oxygen atoms in total. The van der Waals surface area contributed by atoms with E-state index in [1.54, 1.807) is 0 Å². The Morgan fingerprint density at radius 1 is 0.559 bits per heavy atom. The molecule has 0 aliphatic carbocycles. The van der Waals surface area contributed by atoms with Gasteiger partial charge in [-0.15, -0.1) is 0 Å². The van der Waals surface area contributed by atoms with Gasteiger partial charge in [-0.1, -0.05) is 58.2 Å². The van der Waals surface area contributed by atoms with Crippen LogP contribution in [0.25, 0.3) is 0 Å². The summed E-state index contributed by atoms with van der Waals surface area (Å²) < 4.78 is 0. The van der Waals surface area contributed by atoms with Crippen LogP contribution in [-0.2, 0) is 4.79 Å². The molecule has 0 aromatic carbocycles. The van der Waals surface area contributed by atoms with Crippen LogP contribution < -0.4 is 0 Å². The third-order valence-corrected chi connectivity index (χ3v) is 6.49. The van der Waals surface area contributed by atoms with Crippen LogP contribution in [0.5, 0.6) is 0 Å². The van der Waals surface area contributed by atoms with Crippen LogP contribution in [0, 0.1) is 0 Å². The number of amides is 1. The summed E-state index contributed by atoms with van der Waals surface area (Å²) in [5.74, 6) is 0.311. The second-order valence-electron chi connectivity index (χ2n) is 10.6. The molecule has 0 radical (unpaired) electrons. The predicted octanol–water partition coefficient (Wildman–Crippen LogP) is 8.02. The lowest BCUT2D eigenvalue weighted by Crippen LogP contribution is -2.48. The molecule has 1 amide bonds. The maximum Gasteiger partial charge on any atom is 0.222 e. The maximum atomic E-state index is 12.5. The number of carbonyl (C=O) groups is 1. The van der Waals surface area contributed by atoms with Crippen molar-refractivity contribution in [1.29, 1.82) is 0 Å². The van der Waals surface area contributed by atoms with E-state index in [1.165, 1.54) is 34.3 Å². The highest BCUT2D eigenvalue weighted by atomic mass is 16.2. The molecule has 1 fully saturated rings. The molecular weight excluding hydrogens is 416 g/mol. The van der Waals surface area contributed by atoms with E-state index in [-0.39, 0.29) is 0 Å². The summed E-state index contributed by atoms with van der Waals surface area (Å²) in [6.45, 7) is 20.0. The van der Waals surface area contributed by atoms with Gasteiger partial charge in [-0.3, -0.25) is 9.69 Å². The van der Waals surface area contributed by atoms with Crippen LogP contribution in [-0.4, -0.2) is 48.4 Å². The smallest absolute Gasteiger partial charge is 0.222 e. The summed E-state index contributed by atoms with van der Waals surface area (Å²) >= 11 is 0. The average Bonchev–Trinajstić information content (AvgIpc) is 2.77. The molecule has 192 valence electrons. The molecular formula is C31H52N2O. The SMILES string of the molecule is CC(C)=CCC/C(C)=C/CC/C(C)=C/CC/C(C)=C/CCC(=O)N1CCN(CC=C(C)C)CC1. The number of hydrogen-bond acceptors (Lipinski definition) is 2. The normalized spacial score (nSPS) is 16.0. The van der Waals surface area contributed by atoms with Crippen molar-refractivity contribution < 1.29 is 4.79 Å². The summed E-state index contributed by atoms with van der Waals surface area (Å²) in [5, 5.41) is 0. The lowest BCUT2D eigenvalue weighted by molar-refractivity contribution is -0.132. The van der Waals surface area contributed by atoms with E-state index >= 15 is 0 Å². The molecule has 0 N–H and O–H groups in total. The average molecular weight is 469 g/mol. The van der Waals surface area contributed by atoms with Gasteiger partial charge in [-0.25, -0.2) is 0 Å². The highest BCUT2D eigenvalue weighted by Crippen LogP contribution is 2.14. The zero-order valence-corrected chi connectivity index (χ0v) is 23.4. The van der Waals surface area contributed by atoms with E-state index in [0.29, 0.717) is 12.3 Å². The minimum atomic E-state index is 0.311. The number of piperazine rings is 1. The topological polar surface area (TPSA) is 23.6 Å². The van der Waals surface area contributed by atoms with Gasteiger partial charge < -0.3 is 4.90 Å². The van der Waals surface area contributed by atoms with E-state index in [2.05, 4.69) is 83.7 Å². The van der Waals surface area contributed by atoms with E-state index < -0.39 is 0 Å². The van der Waals surface area contributed by atoms with Crippen LogP contribution >= 0.6 is 0 Å². The summed E-state index contributed by atoms with van der Waals surface area (Å²) in [5.41, 5.74) is 7.16. The van der Waals surface area contributed by atoms with Crippen molar-refractivity contribution in [1.82, 2.24) is 9.80 Å². The van der Waals surface area contributed by atoms with Gasteiger partial charge in [0.2, 0.25) is 5.91 Å². The molecule has 3 heteroatoms. The summed E-state index contributed by atoms with van der Waals surface area (Å²) in [7, 11) is 0. The molecule has 1 saturated heterocycles. The van der Waals surface area contributed by atoms with Gasteiger partial charge >= 0.3 is 0 Å². The molecule has 0 atom stereocenters. The maximum absolute atomic E-state index is 12.5. The molecule has 1 aliphatic heterocycles. The molecule has 1 aliphatic rings. The van der Waals surface area contributed by atoms with Crippen LogP contribution in [0.2, 0.25) is 0 Å². The standard InChI is InChI=1S/C31H52N2O/c1-26(2)12-8-13-28(5)14-9-15-29(6)16-10-17-30(7)18-11-19-31(34)33-24-22-32(23-25-33)21-20-27(3)4/h12,14,16,18,20H,8-11,13,15,17,19,21-25H2,1-7H3/b28-14+,29-16+,30-18+. The quantitative estimate of drug-likeness (QED) is 0.241. The van der Waals surface area contributed by atoms with Crippen LogP contribution in [0.3, 0.4) is 0 Å². The van der Waals surface area contributed by atoms with E-state index in [0.717, 1.165) is 71.2 Å². The Morgan fingerprint density at radius 2 is 0.971 bits per heavy atom. The lowest BCUT2D eigenvalue weighted by Gasteiger charge is -2.34. The molecule has 0 bridgehead atoms. The first-order valence-corrected chi connectivity index (χ1v) is 13.4. The van der Waals surface area contributed by atoms with Gasteiger partial charge in [0.1, 0.15) is 0 Å². The third kappa shape index (κ3) is 15.1. The van der Waals surface area contributed by atoms with Gasteiger partial charge in [0.05, 0.1) is 0 Å². The van der Waals surface area contributed by atoms with Gasteiger partial charge in [-0.05, 0) is 93.4 Å². The highest BCUT2D eigenvalue weighted by Gasteiger charge is 2.19. The summed E-state index contributed by atoms with van der Waals surface area (Å²) in [4.78, 5) is 17.0. The Balaban J connectivity index is 2.22. The molecule has 1 rings (SSSR count). The van der Waals surface area contributed by atoms with Crippen molar-refractivity contribution in [3.63, 3.8) is 0 Å². The van der Waals surface area contributed by atoms with Crippen LogP contribution in [0.1, 0.15) is 99.8 Å². The van der Waals surface area contributed by atoms with Crippen molar-refractivity contribution in [2.45, 2.75) is 99.8 Å². The lowest BCUT2D eigenvalue weighted by atomic mass is 10.0. The summed E-state index contributed by atoms with van der Waals surface area (Å²) in [6, 6.07) is 0. The second kappa shape index (κ2) is 17.5. The zero-order valence-electron chi connectivity index (χ0n) is 23.4. The summed E-state index contributed by atoms with van der Waals surface area (Å²) in [6.07, 6.45) is 20.0. The Labute approximate surface area is 211 Å². The minimum absolute atomic E-state index is 0.311. The molecule has 0 spiro atoms. The molecule has 34 heavy (non-hydrogen) atoms. The third-order valence-electron chi connectivity index (χ3n) is 6.49. The fourth-order valence-corrected chi connectivity index (χ4v) is 4.08. The second-order valence-corrected chi connectivity index (χ2v) is 10.6. The number of nitrogens with zero attached hydrogens (tertiary/aromatic N) is 2. The van der Waals surface area contributed by atoms with E-state index in [1.807, 2.05) is 4.90 Å². The van der Waals surface area contributed by atoms with E-state index in [9.17, 15) is 4.79 Å². The number of allylic oxidation sites excluding steroid dienone is 9. The Kier molecular flexibility index (Phi) is 15.6. The van der Waals surface area contributed by atoms with Gasteiger partial charge in [0.25, 0.3) is 0 Å². The monoisotopic (exact) mass is 468 g/mol. The number of rotatable bonds is 14. The number of carbonyl (C=O) groups excluding carboxylic acids is 1. The molecule has 0 aromatic heterocycles.